The van der Waals surface area contributed by atoms with Crippen molar-refractivity contribution < 1.29 is 13.9 Å². The molecule has 1 aliphatic rings. The number of benzene rings is 1. The van der Waals surface area contributed by atoms with Crippen molar-refractivity contribution in [2.24, 2.45) is 0 Å². The number of carbonyl (C=O) groups excluding carboxylic acids is 1. The van der Waals surface area contributed by atoms with Crippen LogP contribution in [-0.2, 0) is 4.79 Å². The Morgan fingerprint density at radius 1 is 1.24 bits per heavy atom. The van der Waals surface area contributed by atoms with Gasteiger partial charge < -0.3 is 10.1 Å². The number of ether oxygens (including phenoxy) is 1. The number of nitrogens with one attached hydrogen (secondary N) is 1. The summed E-state index contributed by atoms with van der Waals surface area (Å²) in [4.78, 5) is 27.0. The molecule has 0 atom stereocenters. The molecular weight excluding hydrogens is 393 g/mol. The summed E-state index contributed by atoms with van der Waals surface area (Å²) in [6.45, 7) is 1.86. The first-order valence-corrected chi connectivity index (χ1v) is 10.2. The molecule has 1 saturated heterocycles. The number of nitrogens with zero attached hydrogens (tertiary/aromatic N) is 4. The van der Waals surface area contributed by atoms with Gasteiger partial charge in [0, 0.05) is 36.4 Å². The number of halogens is 1. The molecule has 29 heavy (non-hydrogen) atoms. The number of piperidine rings is 1. The van der Waals surface area contributed by atoms with Gasteiger partial charge in [0.05, 0.1) is 18.4 Å². The largest absolute Gasteiger partial charge is 0.473 e. The smallest absolute Gasteiger partial charge is 0.240 e. The number of hydrogen-bond donors (Lipinski definition) is 1. The van der Waals surface area contributed by atoms with Gasteiger partial charge in [-0.25, -0.2) is 14.4 Å². The van der Waals surface area contributed by atoms with E-state index in [-0.39, 0.29) is 17.8 Å². The monoisotopic (exact) mass is 413 g/mol. The number of carbonyl (C=O) groups is 1. The van der Waals surface area contributed by atoms with Crippen LogP contribution >= 0.6 is 11.3 Å². The van der Waals surface area contributed by atoms with Crippen LogP contribution in [0.2, 0.25) is 0 Å². The zero-order chi connectivity index (χ0) is 20.1. The highest BCUT2D eigenvalue weighted by Crippen LogP contribution is 2.25. The Balaban J connectivity index is 1.24. The van der Waals surface area contributed by atoms with Crippen molar-refractivity contribution in [3.05, 3.63) is 54.1 Å². The SMILES string of the molecule is O=C(CN1CCC(Oc2cnccn2)CC1)Nc1nc(-c2ccc(F)cc2)cs1. The van der Waals surface area contributed by atoms with Gasteiger partial charge in [-0.15, -0.1) is 11.3 Å². The minimum atomic E-state index is -0.289. The van der Waals surface area contributed by atoms with Gasteiger partial charge in [0.2, 0.25) is 11.8 Å². The molecule has 0 aliphatic carbocycles. The lowest BCUT2D eigenvalue weighted by molar-refractivity contribution is -0.117. The Morgan fingerprint density at radius 2 is 2.03 bits per heavy atom. The van der Waals surface area contributed by atoms with Gasteiger partial charge in [0.15, 0.2) is 5.13 Å². The molecule has 1 fully saturated rings. The van der Waals surface area contributed by atoms with E-state index in [1.54, 1.807) is 30.7 Å². The third-order valence-electron chi connectivity index (χ3n) is 4.62. The van der Waals surface area contributed by atoms with Crippen LogP contribution in [0.4, 0.5) is 9.52 Å². The summed E-state index contributed by atoms with van der Waals surface area (Å²) in [6.07, 6.45) is 6.57. The molecule has 0 bridgehead atoms. The first-order valence-electron chi connectivity index (χ1n) is 9.32. The van der Waals surface area contributed by atoms with E-state index in [1.165, 1.54) is 23.5 Å². The lowest BCUT2D eigenvalue weighted by atomic mass is 10.1. The van der Waals surface area contributed by atoms with Gasteiger partial charge >= 0.3 is 0 Å². The van der Waals surface area contributed by atoms with Crippen LogP contribution in [-0.4, -0.2) is 51.5 Å². The van der Waals surface area contributed by atoms with Crippen molar-refractivity contribution in [1.29, 1.82) is 0 Å². The highest BCUT2D eigenvalue weighted by Gasteiger charge is 2.22. The summed E-state index contributed by atoms with van der Waals surface area (Å²) < 4.78 is 18.9. The van der Waals surface area contributed by atoms with Crippen molar-refractivity contribution in [3.63, 3.8) is 0 Å². The summed E-state index contributed by atoms with van der Waals surface area (Å²) in [5, 5.41) is 5.23. The fourth-order valence-corrected chi connectivity index (χ4v) is 3.88. The van der Waals surface area contributed by atoms with Gasteiger partial charge in [-0.2, -0.15) is 0 Å². The van der Waals surface area contributed by atoms with Crippen LogP contribution in [0.15, 0.2) is 48.2 Å². The average Bonchev–Trinajstić information content (AvgIpc) is 3.19. The molecule has 3 heterocycles. The predicted molar refractivity (Wildman–Crippen MR) is 108 cm³/mol. The summed E-state index contributed by atoms with van der Waals surface area (Å²) in [5.74, 6) is 0.145. The Kier molecular flexibility index (Phi) is 6.06. The van der Waals surface area contributed by atoms with Crippen molar-refractivity contribution in [3.8, 4) is 17.1 Å². The number of aromatic nitrogens is 3. The fraction of sp³-hybridized carbons (Fsp3) is 0.300. The van der Waals surface area contributed by atoms with E-state index in [2.05, 4.69) is 25.2 Å². The second-order valence-electron chi connectivity index (χ2n) is 6.73. The van der Waals surface area contributed by atoms with E-state index in [9.17, 15) is 9.18 Å². The molecule has 0 saturated carbocycles. The standard InChI is InChI=1S/C20H20FN5O2S/c21-15-3-1-14(2-4-15)17-13-29-20(24-17)25-18(27)12-26-9-5-16(6-10-26)28-19-11-22-7-8-23-19/h1-4,7-8,11,13,16H,5-6,9-10,12H2,(H,24,25,27). The highest BCUT2D eigenvalue weighted by atomic mass is 32.1. The second-order valence-corrected chi connectivity index (χ2v) is 7.59. The maximum atomic E-state index is 13.0. The third-order valence-corrected chi connectivity index (χ3v) is 5.38. The molecule has 3 aromatic rings. The maximum absolute atomic E-state index is 13.0. The lowest BCUT2D eigenvalue weighted by Crippen LogP contribution is -2.42. The van der Waals surface area contributed by atoms with Gasteiger partial charge in [-0.1, -0.05) is 0 Å². The summed E-state index contributed by atoms with van der Waals surface area (Å²) in [5.41, 5.74) is 1.53. The van der Waals surface area contributed by atoms with E-state index in [4.69, 9.17) is 4.74 Å². The van der Waals surface area contributed by atoms with Crippen LogP contribution in [0, 0.1) is 5.82 Å². The number of amides is 1. The molecule has 1 aromatic carbocycles. The molecule has 9 heteroatoms. The molecule has 0 radical (unpaired) electrons. The fourth-order valence-electron chi connectivity index (χ4n) is 3.15. The topological polar surface area (TPSA) is 80.2 Å². The zero-order valence-corrected chi connectivity index (χ0v) is 16.4. The molecule has 1 aliphatic heterocycles. The minimum Gasteiger partial charge on any atom is -0.473 e. The normalized spacial score (nSPS) is 15.2. The van der Waals surface area contributed by atoms with Crippen LogP contribution in [0.3, 0.4) is 0 Å². The number of hydrogen-bond acceptors (Lipinski definition) is 7. The van der Waals surface area contributed by atoms with Crippen molar-refractivity contribution in [2.45, 2.75) is 18.9 Å². The molecule has 150 valence electrons. The van der Waals surface area contributed by atoms with Crippen molar-refractivity contribution in [2.75, 3.05) is 25.0 Å². The molecule has 1 amide bonds. The van der Waals surface area contributed by atoms with E-state index in [0.29, 0.717) is 23.3 Å². The second kappa shape index (κ2) is 9.06. The number of rotatable bonds is 6. The summed E-state index contributed by atoms with van der Waals surface area (Å²) in [6, 6.07) is 6.13. The van der Waals surface area contributed by atoms with Crippen LogP contribution < -0.4 is 10.1 Å². The molecule has 0 spiro atoms. The third kappa shape index (κ3) is 5.33. The van der Waals surface area contributed by atoms with Gasteiger partial charge in [-0.3, -0.25) is 14.7 Å². The Morgan fingerprint density at radius 3 is 2.76 bits per heavy atom. The molecular formula is C20H20FN5O2S. The number of thiazole rings is 1. The Hall–Kier alpha value is -2.91. The summed E-state index contributed by atoms with van der Waals surface area (Å²) >= 11 is 1.35. The Labute approximate surface area is 171 Å². The maximum Gasteiger partial charge on any atom is 0.240 e. The van der Waals surface area contributed by atoms with E-state index < -0.39 is 0 Å². The van der Waals surface area contributed by atoms with Crippen molar-refractivity contribution >= 4 is 22.4 Å². The minimum absolute atomic E-state index is 0.0863. The van der Waals surface area contributed by atoms with Gasteiger partial charge in [0.25, 0.3) is 0 Å². The zero-order valence-electron chi connectivity index (χ0n) is 15.6. The lowest BCUT2D eigenvalue weighted by Gasteiger charge is -2.31. The van der Waals surface area contributed by atoms with Crippen LogP contribution in [0.25, 0.3) is 11.3 Å². The molecule has 0 unspecified atom stereocenters. The molecule has 1 N–H and O–H groups in total. The summed E-state index contributed by atoms with van der Waals surface area (Å²) in [7, 11) is 0. The van der Waals surface area contributed by atoms with E-state index in [0.717, 1.165) is 31.5 Å². The molecule has 7 nitrogen and oxygen atoms in total. The van der Waals surface area contributed by atoms with Crippen molar-refractivity contribution in [1.82, 2.24) is 19.9 Å². The number of anilines is 1. The van der Waals surface area contributed by atoms with Crippen LogP contribution in [0.5, 0.6) is 5.88 Å². The first kappa shape index (κ1) is 19.4. The molecule has 2 aromatic heterocycles. The first-order chi connectivity index (χ1) is 14.2. The van der Waals surface area contributed by atoms with E-state index in [1.807, 2.05) is 5.38 Å². The van der Waals surface area contributed by atoms with Crippen LogP contribution in [0.1, 0.15) is 12.8 Å². The predicted octanol–water partition coefficient (Wildman–Crippen LogP) is 3.22. The number of likely N-dealkylation sites (tertiary alicyclic amines) is 1. The quantitative estimate of drug-likeness (QED) is 0.668. The van der Waals surface area contributed by atoms with Gasteiger partial charge in [0.1, 0.15) is 11.9 Å². The highest BCUT2D eigenvalue weighted by molar-refractivity contribution is 7.14. The average molecular weight is 413 g/mol. The molecule has 4 rings (SSSR count). The van der Waals surface area contributed by atoms with E-state index >= 15 is 0 Å². The van der Waals surface area contributed by atoms with Gasteiger partial charge in [-0.05, 0) is 37.1 Å². The Bertz CT molecular complexity index is 943.